The van der Waals surface area contributed by atoms with E-state index in [4.69, 9.17) is 10.5 Å². The van der Waals surface area contributed by atoms with Gasteiger partial charge in [-0.05, 0) is 32.0 Å². The first-order valence-corrected chi connectivity index (χ1v) is 4.83. The van der Waals surface area contributed by atoms with E-state index in [1.165, 1.54) is 26.0 Å². The van der Waals surface area contributed by atoms with E-state index in [2.05, 4.69) is 5.32 Å². The maximum atomic E-state index is 13.0. The highest BCUT2D eigenvalue weighted by Gasteiger charge is 2.27. The first-order chi connectivity index (χ1) is 7.90. The van der Waals surface area contributed by atoms with Crippen LogP contribution < -0.4 is 5.32 Å². The summed E-state index contributed by atoms with van der Waals surface area (Å²) in [6.07, 6.45) is 0. The number of hydrogen-bond acceptors (Lipinski definition) is 3. The van der Waals surface area contributed by atoms with Gasteiger partial charge in [-0.25, -0.2) is 4.39 Å². The summed E-state index contributed by atoms with van der Waals surface area (Å²) in [6, 6.07) is 7.17. The van der Waals surface area contributed by atoms with E-state index >= 15 is 0 Å². The molecule has 86 valence electrons. The van der Waals surface area contributed by atoms with Crippen molar-refractivity contribution in [2.45, 2.75) is 13.8 Å². The molecule has 1 amide bonds. The van der Waals surface area contributed by atoms with Crippen molar-refractivity contribution in [3.05, 3.63) is 29.6 Å². The molecule has 0 saturated carbocycles. The number of halogens is 1. The van der Waals surface area contributed by atoms with Crippen molar-refractivity contribution >= 4 is 11.6 Å². The molecule has 0 radical (unpaired) electrons. The summed E-state index contributed by atoms with van der Waals surface area (Å²) in [5, 5.41) is 19.8. The summed E-state index contributed by atoms with van der Waals surface area (Å²) in [7, 11) is 0. The second kappa shape index (κ2) is 4.63. The number of carbonyl (C=O) groups is 1. The van der Waals surface area contributed by atoms with Gasteiger partial charge < -0.3 is 5.32 Å². The van der Waals surface area contributed by atoms with Crippen molar-refractivity contribution in [2.24, 2.45) is 5.41 Å². The summed E-state index contributed by atoms with van der Waals surface area (Å²) >= 11 is 0. The van der Waals surface area contributed by atoms with Crippen molar-refractivity contribution in [3.8, 4) is 12.1 Å². The highest BCUT2D eigenvalue weighted by atomic mass is 19.1. The van der Waals surface area contributed by atoms with Gasteiger partial charge in [0.25, 0.3) is 0 Å². The first kappa shape index (κ1) is 12.7. The van der Waals surface area contributed by atoms with Crippen LogP contribution >= 0.6 is 0 Å². The van der Waals surface area contributed by atoms with E-state index in [9.17, 15) is 9.18 Å². The van der Waals surface area contributed by atoms with E-state index in [0.29, 0.717) is 0 Å². The Kier molecular flexibility index (Phi) is 3.45. The molecule has 5 heteroatoms. The highest BCUT2D eigenvalue weighted by molar-refractivity contribution is 5.96. The predicted octanol–water partition coefficient (Wildman–Crippen LogP) is 2.19. The lowest BCUT2D eigenvalue weighted by Gasteiger charge is -2.15. The Morgan fingerprint density at radius 3 is 2.59 bits per heavy atom. The van der Waals surface area contributed by atoms with Crippen LogP contribution in [0, 0.1) is 33.9 Å². The van der Waals surface area contributed by atoms with Crippen molar-refractivity contribution in [1.29, 1.82) is 10.5 Å². The van der Waals surface area contributed by atoms with Crippen LogP contribution in [-0.4, -0.2) is 5.91 Å². The number of amides is 1. The van der Waals surface area contributed by atoms with Crippen LogP contribution in [0.2, 0.25) is 0 Å². The Labute approximate surface area is 98.3 Å². The normalized spacial score (nSPS) is 10.2. The van der Waals surface area contributed by atoms with Crippen molar-refractivity contribution in [3.63, 3.8) is 0 Å². The average molecular weight is 231 g/mol. The molecule has 1 aromatic rings. The largest absolute Gasteiger partial charge is 0.325 e. The molecule has 0 aliphatic heterocycles. The second-order valence-electron chi connectivity index (χ2n) is 4.00. The number of rotatable bonds is 2. The molecule has 0 heterocycles. The fourth-order valence-corrected chi connectivity index (χ4v) is 1.03. The fraction of sp³-hybridized carbons (Fsp3) is 0.250. The summed E-state index contributed by atoms with van der Waals surface area (Å²) < 4.78 is 13.0. The van der Waals surface area contributed by atoms with E-state index in [1.807, 2.05) is 6.07 Å². The Morgan fingerprint density at radius 2 is 2.06 bits per heavy atom. The fourth-order valence-electron chi connectivity index (χ4n) is 1.03. The quantitative estimate of drug-likeness (QED) is 0.847. The van der Waals surface area contributed by atoms with Gasteiger partial charge in [0.15, 0.2) is 0 Å². The number of nitrogens with zero attached hydrogens (tertiary/aromatic N) is 2. The minimum Gasteiger partial charge on any atom is -0.325 e. The molecule has 0 aliphatic carbocycles. The van der Waals surface area contributed by atoms with Gasteiger partial charge in [0, 0.05) is 5.69 Å². The first-order valence-electron chi connectivity index (χ1n) is 4.83. The molecule has 1 rings (SSSR count). The maximum Gasteiger partial charge on any atom is 0.244 e. The molecular formula is C12H10FN3O. The number of hydrogen-bond donors (Lipinski definition) is 1. The number of carbonyl (C=O) groups excluding carboxylic acids is 1. The lowest BCUT2D eigenvalue weighted by atomic mass is 9.94. The molecular weight excluding hydrogens is 221 g/mol. The minimum atomic E-state index is -1.18. The topological polar surface area (TPSA) is 76.7 Å². The van der Waals surface area contributed by atoms with Crippen molar-refractivity contribution < 1.29 is 9.18 Å². The third-order valence-electron chi connectivity index (χ3n) is 2.19. The molecule has 0 atom stereocenters. The molecule has 0 aromatic heterocycles. The van der Waals surface area contributed by atoms with E-state index in [0.717, 1.165) is 6.07 Å². The standard InChI is InChI=1S/C12H10FN3O/c1-12(2,7-15)11(17)16-9-3-4-10(13)8(5-9)6-14/h3-5H,1-2H3,(H,16,17). The van der Waals surface area contributed by atoms with Crippen LogP contribution in [0.1, 0.15) is 19.4 Å². The number of benzene rings is 1. The van der Waals surface area contributed by atoms with E-state index < -0.39 is 17.1 Å². The van der Waals surface area contributed by atoms with Gasteiger partial charge in [-0.3, -0.25) is 4.79 Å². The van der Waals surface area contributed by atoms with Gasteiger partial charge in [-0.15, -0.1) is 0 Å². The minimum absolute atomic E-state index is 0.155. The highest BCUT2D eigenvalue weighted by Crippen LogP contribution is 2.19. The lowest BCUT2D eigenvalue weighted by molar-refractivity contribution is -0.121. The van der Waals surface area contributed by atoms with Crippen LogP contribution in [0.4, 0.5) is 10.1 Å². The molecule has 1 aromatic carbocycles. The molecule has 0 spiro atoms. The molecule has 4 nitrogen and oxygen atoms in total. The van der Waals surface area contributed by atoms with Crippen LogP contribution in [0.3, 0.4) is 0 Å². The Hall–Kier alpha value is -2.40. The van der Waals surface area contributed by atoms with Gasteiger partial charge >= 0.3 is 0 Å². The van der Waals surface area contributed by atoms with Gasteiger partial charge in [-0.1, -0.05) is 0 Å². The SMILES string of the molecule is CC(C)(C#N)C(=O)Nc1ccc(F)c(C#N)c1. The lowest BCUT2D eigenvalue weighted by Crippen LogP contribution is -2.29. The van der Waals surface area contributed by atoms with Crippen molar-refractivity contribution in [1.82, 2.24) is 0 Å². The Morgan fingerprint density at radius 1 is 1.41 bits per heavy atom. The predicted molar refractivity (Wildman–Crippen MR) is 59.1 cm³/mol. The number of nitriles is 2. The second-order valence-corrected chi connectivity index (χ2v) is 4.00. The van der Waals surface area contributed by atoms with Gasteiger partial charge in [-0.2, -0.15) is 10.5 Å². The van der Waals surface area contributed by atoms with Crippen LogP contribution in [0.15, 0.2) is 18.2 Å². The Balaban J connectivity index is 2.96. The van der Waals surface area contributed by atoms with Gasteiger partial charge in [0.05, 0.1) is 11.6 Å². The smallest absolute Gasteiger partial charge is 0.244 e. The number of nitrogens with one attached hydrogen (secondary N) is 1. The maximum absolute atomic E-state index is 13.0. The van der Waals surface area contributed by atoms with Gasteiger partial charge in [0.2, 0.25) is 5.91 Å². The zero-order chi connectivity index (χ0) is 13.1. The summed E-state index contributed by atoms with van der Waals surface area (Å²) in [5.74, 6) is -1.15. The van der Waals surface area contributed by atoms with Crippen molar-refractivity contribution in [2.75, 3.05) is 5.32 Å². The summed E-state index contributed by atoms with van der Waals surface area (Å²) in [6.45, 7) is 2.94. The number of anilines is 1. The third-order valence-corrected chi connectivity index (χ3v) is 2.19. The zero-order valence-corrected chi connectivity index (χ0v) is 9.41. The van der Waals surface area contributed by atoms with E-state index in [1.54, 1.807) is 6.07 Å². The van der Waals surface area contributed by atoms with Crippen LogP contribution in [-0.2, 0) is 4.79 Å². The third kappa shape index (κ3) is 2.79. The molecule has 1 N–H and O–H groups in total. The summed E-state index contributed by atoms with van der Waals surface area (Å²) in [4.78, 5) is 11.6. The van der Waals surface area contributed by atoms with Crippen LogP contribution in [0.25, 0.3) is 0 Å². The Bertz CT molecular complexity index is 538. The molecule has 0 fully saturated rings. The molecule has 0 bridgehead atoms. The molecule has 0 saturated heterocycles. The molecule has 17 heavy (non-hydrogen) atoms. The average Bonchev–Trinajstić information content (AvgIpc) is 2.31. The van der Waals surface area contributed by atoms with Gasteiger partial charge in [0.1, 0.15) is 17.3 Å². The van der Waals surface area contributed by atoms with E-state index in [-0.39, 0.29) is 11.3 Å². The molecule has 0 aliphatic rings. The summed E-state index contributed by atoms with van der Waals surface area (Å²) in [5.41, 5.74) is -1.05. The van der Waals surface area contributed by atoms with Crippen LogP contribution in [0.5, 0.6) is 0 Å². The zero-order valence-electron chi connectivity index (χ0n) is 9.41. The molecule has 0 unspecified atom stereocenters. The monoisotopic (exact) mass is 231 g/mol.